The highest BCUT2D eigenvalue weighted by Crippen LogP contribution is 2.38. The Morgan fingerprint density at radius 3 is 2.50 bits per heavy atom. The minimum atomic E-state index is -0.306. The van der Waals surface area contributed by atoms with E-state index in [1.807, 2.05) is 26.0 Å². The number of hydrogen-bond donors (Lipinski definition) is 1. The molecule has 0 atom stereocenters. The van der Waals surface area contributed by atoms with Crippen molar-refractivity contribution in [2.75, 3.05) is 11.9 Å². The molecular formula is C25H26ClN3O2S. The van der Waals surface area contributed by atoms with Crippen LogP contribution < -0.4 is 5.32 Å². The third-order valence-electron chi connectivity index (χ3n) is 5.12. The van der Waals surface area contributed by atoms with Crippen molar-refractivity contribution < 1.29 is 9.53 Å². The second-order valence-corrected chi connectivity index (χ2v) is 8.90. The van der Waals surface area contributed by atoms with Gasteiger partial charge in [-0.15, -0.1) is 23.7 Å². The first kappa shape index (κ1) is 23.7. The van der Waals surface area contributed by atoms with Crippen molar-refractivity contribution in [1.29, 1.82) is 0 Å². The van der Waals surface area contributed by atoms with Gasteiger partial charge in [0.25, 0.3) is 0 Å². The molecule has 0 bridgehead atoms. The van der Waals surface area contributed by atoms with Gasteiger partial charge in [0.2, 0.25) is 0 Å². The van der Waals surface area contributed by atoms with E-state index >= 15 is 0 Å². The number of aromatic nitrogens is 2. The Kier molecular flexibility index (Phi) is 7.48. The molecule has 2 aromatic carbocycles. The Bertz CT molecular complexity index is 1240. The van der Waals surface area contributed by atoms with E-state index in [2.05, 4.69) is 52.7 Å². The van der Waals surface area contributed by atoms with Crippen molar-refractivity contribution in [3.63, 3.8) is 0 Å². The molecule has 0 aliphatic rings. The highest BCUT2D eigenvalue weighted by Gasteiger charge is 2.14. The maximum Gasteiger partial charge on any atom is 0.338 e. The Labute approximate surface area is 198 Å². The summed E-state index contributed by atoms with van der Waals surface area (Å²) in [5, 5.41) is 6.51. The van der Waals surface area contributed by atoms with E-state index in [1.54, 1.807) is 29.8 Å². The molecule has 0 aliphatic heterocycles. The van der Waals surface area contributed by atoms with E-state index in [0.29, 0.717) is 18.1 Å². The van der Waals surface area contributed by atoms with Gasteiger partial charge in [0.05, 0.1) is 17.6 Å². The second kappa shape index (κ2) is 10.1. The van der Waals surface area contributed by atoms with E-state index in [-0.39, 0.29) is 18.4 Å². The number of carbonyl (C=O) groups excluding carboxylic acids is 1. The predicted molar refractivity (Wildman–Crippen MR) is 134 cm³/mol. The number of rotatable bonds is 6. The number of nitrogens with zero attached hydrogens (tertiary/aromatic N) is 2. The third-order valence-corrected chi connectivity index (χ3v) is 6.01. The average Bonchev–Trinajstić information content (AvgIpc) is 3.20. The fourth-order valence-corrected chi connectivity index (χ4v) is 4.16. The van der Waals surface area contributed by atoms with Crippen molar-refractivity contribution in [1.82, 2.24) is 9.97 Å². The van der Waals surface area contributed by atoms with E-state index in [1.165, 1.54) is 11.1 Å². The monoisotopic (exact) mass is 467 g/mol. The number of nitrogens with one attached hydrogen (secondary N) is 1. The summed E-state index contributed by atoms with van der Waals surface area (Å²) in [6, 6.07) is 13.7. The quantitative estimate of drug-likeness (QED) is 0.311. The lowest BCUT2D eigenvalue weighted by atomic mass is 10.0. The molecule has 32 heavy (non-hydrogen) atoms. The minimum absolute atomic E-state index is 0. The maximum atomic E-state index is 12.1. The molecule has 4 aromatic rings. The number of ether oxygens (including phenoxy) is 1. The van der Waals surface area contributed by atoms with Gasteiger partial charge in [-0.25, -0.2) is 14.8 Å². The number of hydrogen-bond acceptors (Lipinski definition) is 6. The van der Waals surface area contributed by atoms with Crippen LogP contribution in [0.2, 0.25) is 0 Å². The lowest BCUT2D eigenvalue weighted by Gasteiger charge is -2.10. The van der Waals surface area contributed by atoms with Crippen molar-refractivity contribution in [2.45, 2.75) is 27.7 Å². The number of fused-ring (bicyclic) bond motifs is 1. The zero-order chi connectivity index (χ0) is 22.0. The summed E-state index contributed by atoms with van der Waals surface area (Å²) in [4.78, 5) is 22.0. The van der Waals surface area contributed by atoms with Crippen LogP contribution in [0.3, 0.4) is 0 Å². The van der Waals surface area contributed by atoms with Crippen LogP contribution in [0.1, 0.15) is 35.3 Å². The molecule has 2 aromatic heterocycles. The molecule has 166 valence electrons. The highest BCUT2D eigenvalue weighted by atomic mass is 35.5. The van der Waals surface area contributed by atoms with Crippen LogP contribution in [-0.4, -0.2) is 22.5 Å². The Morgan fingerprint density at radius 1 is 1.06 bits per heavy atom. The molecule has 0 amide bonds. The van der Waals surface area contributed by atoms with Crippen LogP contribution in [0.15, 0.2) is 54.2 Å². The topological polar surface area (TPSA) is 64.1 Å². The number of esters is 1. The van der Waals surface area contributed by atoms with Crippen LogP contribution in [0.25, 0.3) is 21.3 Å². The first-order valence-electron chi connectivity index (χ1n) is 10.3. The van der Waals surface area contributed by atoms with Gasteiger partial charge in [0.15, 0.2) is 0 Å². The lowest BCUT2D eigenvalue weighted by Crippen LogP contribution is -2.10. The summed E-state index contributed by atoms with van der Waals surface area (Å²) in [7, 11) is 0. The molecule has 0 radical (unpaired) electrons. The molecule has 0 saturated carbocycles. The maximum absolute atomic E-state index is 12.1. The van der Waals surface area contributed by atoms with Crippen molar-refractivity contribution in [2.24, 2.45) is 5.92 Å². The number of aryl methyl sites for hydroxylation is 2. The first-order valence-corrected chi connectivity index (χ1v) is 11.1. The van der Waals surface area contributed by atoms with Crippen LogP contribution in [0, 0.1) is 19.8 Å². The molecule has 5 nitrogen and oxygen atoms in total. The summed E-state index contributed by atoms with van der Waals surface area (Å²) in [6.07, 6.45) is 1.57. The largest absolute Gasteiger partial charge is 0.462 e. The summed E-state index contributed by atoms with van der Waals surface area (Å²) in [5.74, 6) is 0.747. The van der Waals surface area contributed by atoms with Crippen LogP contribution in [0.5, 0.6) is 0 Å². The Morgan fingerprint density at radius 2 is 1.81 bits per heavy atom. The van der Waals surface area contributed by atoms with E-state index in [9.17, 15) is 4.79 Å². The van der Waals surface area contributed by atoms with Crippen LogP contribution >= 0.6 is 23.7 Å². The summed E-state index contributed by atoms with van der Waals surface area (Å²) in [6.45, 7) is 8.68. The summed E-state index contributed by atoms with van der Waals surface area (Å²) < 4.78 is 5.30. The van der Waals surface area contributed by atoms with Gasteiger partial charge in [-0.1, -0.05) is 32.0 Å². The van der Waals surface area contributed by atoms with Crippen LogP contribution in [0.4, 0.5) is 11.5 Å². The molecule has 0 unspecified atom stereocenters. The van der Waals surface area contributed by atoms with Gasteiger partial charge in [-0.3, -0.25) is 0 Å². The van der Waals surface area contributed by atoms with Crippen molar-refractivity contribution in [3.05, 3.63) is 70.9 Å². The van der Waals surface area contributed by atoms with E-state index in [4.69, 9.17) is 4.74 Å². The van der Waals surface area contributed by atoms with Crippen molar-refractivity contribution in [3.8, 4) is 11.1 Å². The number of halogens is 1. The minimum Gasteiger partial charge on any atom is -0.462 e. The van der Waals surface area contributed by atoms with Gasteiger partial charge < -0.3 is 10.1 Å². The van der Waals surface area contributed by atoms with Gasteiger partial charge in [-0.2, -0.15) is 0 Å². The second-order valence-electron chi connectivity index (χ2n) is 8.05. The first-order chi connectivity index (χ1) is 14.9. The van der Waals surface area contributed by atoms with Gasteiger partial charge in [0, 0.05) is 16.6 Å². The lowest BCUT2D eigenvalue weighted by molar-refractivity contribution is 0.0459. The molecule has 1 N–H and O–H groups in total. The Balaban J connectivity index is 0.00000289. The molecule has 0 aliphatic carbocycles. The molecule has 0 fully saturated rings. The molecular weight excluding hydrogens is 442 g/mol. The molecule has 7 heteroatoms. The predicted octanol–water partition coefficient (Wildman–Crippen LogP) is 6.95. The molecule has 0 saturated heterocycles. The van der Waals surface area contributed by atoms with E-state index < -0.39 is 0 Å². The smallest absolute Gasteiger partial charge is 0.338 e. The fraction of sp³-hybridized carbons (Fsp3) is 0.240. The number of carbonyl (C=O) groups is 1. The molecule has 2 heterocycles. The van der Waals surface area contributed by atoms with Crippen LogP contribution in [-0.2, 0) is 4.74 Å². The number of thiophene rings is 1. The fourth-order valence-electron chi connectivity index (χ4n) is 3.24. The van der Waals surface area contributed by atoms with Gasteiger partial charge >= 0.3 is 5.97 Å². The SMILES string of the molecule is Cc1ccc(-c2csc3ncnc(Nc4ccc(C(=O)OCC(C)C)cc4)c23)cc1C.Cl. The third kappa shape index (κ3) is 5.09. The summed E-state index contributed by atoms with van der Waals surface area (Å²) >= 11 is 1.61. The Hall–Kier alpha value is -2.96. The number of anilines is 2. The zero-order valence-electron chi connectivity index (χ0n) is 18.5. The average molecular weight is 468 g/mol. The normalized spacial score (nSPS) is 10.8. The van der Waals surface area contributed by atoms with Gasteiger partial charge in [-0.05, 0) is 60.7 Å². The molecule has 0 spiro atoms. The zero-order valence-corrected chi connectivity index (χ0v) is 20.1. The highest BCUT2D eigenvalue weighted by molar-refractivity contribution is 7.17. The van der Waals surface area contributed by atoms with Gasteiger partial charge in [0.1, 0.15) is 17.0 Å². The summed E-state index contributed by atoms with van der Waals surface area (Å²) in [5.41, 5.74) is 6.16. The standard InChI is InChI=1S/C25H25N3O2S.ClH/c1-15(2)12-30-25(29)18-7-9-20(10-8-18)28-23-22-21(13-31-24(22)27-14-26-23)19-6-5-16(3)17(4)11-19;/h5-11,13-15H,12H2,1-4H3,(H,26,27,28);1H. The number of benzene rings is 2. The van der Waals surface area contributed by atoms with Crippen molar-refractivity contribution >= 4 is 51.4 Å². The molecule has 4 rings (SSSR count). The van der Waals surface area contributed by atoms with E-state index in [0.717, 1.165) is 32.8 Å².